The molecule has 1 aliphatic rings. The highest BCUT2D eigenvalue weighted by molar-refractivity contribution is 6.24. The number of likely N-dealkylation sites (tertiary alicyclic amines) is 1. The maximum Gasteiger partial charge on any atom is 0.442 e. The minimum absolute atomic E-state index is 0.254. The highest BCUT2D eigenvalue weighted by Gasteiger charge is 2.30. The van der Waals surface area contributed by atoms with Crippen LogP contribution >= 0.6 is 0 Å². The second kappa shape index (κ2) is 9.72. The van der Waals surface area contributed by atoms with E-state index >= 15 is 0 Å². The Labute approximate surface area is 197 Å². The number of piperidine rings is 1. The Balaban J connectivity index is 1.61. The molecule has 3 aromatic rings. The Kier molecular flexibility index (Phi) is 6.94. The second-order valence-corrected chi connectivity index (χ2v) is 9.52. The van der Waals surface area contributed by atoms with Crippen LogP contribution in [0.4, 0.5) is 4.39 Å². The normalized spacial score (nSPS) is 20.7. The molecule has 4 nitrogen and oxygen atoms in total. The monoisotopic (exact) mass is 448 g/mol. The fourth-order valence-corrected chi connectivity index (χ4v) is 5.09. The Hall–Kier alpha value is -2.60. The van der Waals surface area contributed by atoms with Crippen molar-refractivity contribution in [3.8, 4) is 0 Å². The van der Waals surface area contributed by atoms with E-state index in [9.17, 15) is 9.18 Å². The summed E-state index contributed by atoms with van der Waals surface area (Å²) < 4.78 is 23.4. The number of benzene rings is 2. The lowest BCUT2D eigenvalue weighted by atomic mass is 9.84. The summed E-state index contributed by atoms with van der Waals surface area (Å²) >= 11 is 0. The third-order valence-corrected chi connectivity index (χ3v) is 7.45. The van der Waals surface area contributed by atoms with Gasteiger partial charge in [0.25, 0.3) is 0 Å². The highest BCUT2D eigenvalue weighted by atomic mass is 19.1. The molecule has 173 valence electrons. The van der Waals surface area contributed by atoms with Gasteiger partial charge in [0, 0.05) is 36.6 Å². The fraction of sp³-hybridized carbons (Fsp3) is 0.444. The van der Waals surface area contributed by atoms with Crippen molar-refractivity contribution >= 4 is 24.3 Å². The van der Waals surface area contributed by atoms with Gasteiger partial charge in [-0.2, -0.15) is 0 Å². The summed E-state index contributed by atoms with van der Waals surface area (Å²) in [6.07, 6.45) is 2.93. The molecule has 0 bridgehead atoms. The van der Waals surface area contributed by atoms with Gasteiger partial charge in [-0.25, -0.2) is 9.18 Å². The molecule has 2 aromatic carbocycles. The number of para-hydroxylation sites is 1. The lowest BCUT2D eigenvalue weighted by molar-refractivity contribution is -0.808. The van der Waals surface area contributed by atoms with Gasteiger partial charge in [0.2, 0.25) is 0 Å². The summed E-state index contributed by atoms with van der Waals surface area (Å²) in [7, 11) is 4.62. The zero-order valence-corrected chi connectivity index (χ0v) is 20.2. The summed E-state index contributed by atoms with van der Waals surface area (Å²) in [6.45, 7) is 9.71. The van der Waals surface area contributed by atoms with Gasteiger partial charge in [-0.15, -0.1) is 0 Å². The van der Waals surface area contributed by atoms with E-state index in [-0.39, 0.29) is 18.0 Å². The van der Waals surface area contributed by atoms with Crippen LogP contribution in [0.5, 0.6) is 0 Å². The van der Waals surface area contributed by atoms with Crippen LogP contribution < -0.4 is 0 Å². The Morgan fingerprint density at radius 3 is 2.61 bits per heavy atom. The molecule has 0 amide bonds. The first-order chi connectivity index (χ1) is 15.8. The predicted octanol–water partition coefficient (Wildman–Crippen LogP) is 5.38. The van der Waals surface area contributed by atoms with E-state index in [1.807, 2.05) is 0 Å². The van der Waals surface area contributed by atoms with E-state index < -0.39 is 5.97 Å². The lowest BCUT2D eigenvalue weighted by Crippen LogP contribution is -2.51. The van der Waals surface area contributed by atoms with Crippen molar-refractivity contribution in [2.45, 2.75) is 46.5 Å². The SMILES string of the molecule is C[B][N+]1(C)CCC(Cn2c(C)c(Cc3ccc(C(=O)OCC)cc3F)c3ccccc32)CC1. The molecule has 4 rings (SSSR count). The van der Waals surface area contributed by atoms with Crippen LogP contribution in [0.3, 0.4) is 0 Å². The van der Waals surface area contributed by atoms with Crippen molar-refractivity contribution in [2.75, 3.05) is 26.7 Å². The van der Waals surface area contributed by atoms with E-state index in [0.717, 1.165) is 16.5 Å². The zero-order valence-electron chi connectivity index (χ0n) is 20.2. The number of halogens is 1. The van der Waals surface area contributed by atoms with E-state index in [4.69, 9.17) is 4.74 Å². The fourth-order valence-electron chi connectivity index (χ4n) is 5.09. The van der Waals surface area contributed by atoms with Crippen LogP contribution in [0.2, 0.25) is 6.82 Å². The first-order valence-electron chi connectivity index (χ1n) is 12.0. The molecule has 33 heavy (non-hydrogen) atoms. The number of hydrogen-bond donors (Lipinski definition) is 0. The van der Waals surface area contributed by atoms with Crippen LogP contribution in [-0.2, 0) is 17.7 Å². The average molecular weight is 448 g/mol. The van der Waals surface area contributed by atoms with Crippen molar-refractivity contribution in [3.05, 3.63) is 70.7 Å². The zero-order chi connectivity index (χ0) is 23.6. The standard InChI is InChI=1S/C27H34BFN2O2/c1-5-33-27(32)22-11-10-21(25(29)17-22)16-24-19(2)30(26-9-7-6-8-23(24)26)18-20-12-14-31(4,28-3)15-13-20/h6-11,17,20H,5,12-16,18H2,1-4H3/q+1. The number of rotatable bonds is 7. The Bertz CT molecular complexity index is 1150. The molecule has 6 heteroatoms. The van der Waals surface area contributed by atoms with Crippen LogP contribution in [0, 0.1) is 18.7 Å². The van der Waals surface area contributed by atoms with E-state index in [0.29, 0.717) is 17.9 Å². The number of carbonyl (C=O) groups is 1. The largest absolute Gasteiger partial charge is 0.462 e. The number of carbonyl (C=O) groups excluding carboxylic acids is 1. The van der Waals surface area contributed by atoms with Gasteiger partial charge in [-0.1, -0.05) is 24.3 Å². The lowest BCUT2D eigenvalue weighted by Gasteiger charge is -2.40. The van der Waals surface area contributed by atoms with E-state index in [1.54, 1.807) is 19.1 Å². The van der Waals surface area contributed by atoms with Crippen molar-refractivity contribution in [1.29, 1.82) is 0 Å². The van der Waals surface area contributed by atoms with E-state index in [1.165, 1.54) is 48.6 Å². The Morgan fingerprint density at radius 1 is 1.21 bits per heavy atom. The third-order valence-electron chi connectivity index (χ3n) is 7.45. The molecule has 0 spiro atoms. The van der Waals surface area contributed by atoms with Gasteiger partial charge in [-0.05, 0) is 68.8 Å². The second-order valence-electron chi connectivity index (χ2n) is 9.52. The van der Waals surface area contributed by atoms with Crippen molar-refractivity contribution in [1.82, 2.24) is 4.57 Å². The van der Waals surface area contributed by atoms with Crippen molar-refractivity contribution < 1.29 is 18.3 Å². The molecule has 1 radical (unpaired) electrons. The topological polar surface area (TPSA) is 31.2 Å². The van der Waals surface area contributed by atoms with Gasteiger partial charge in [0.05, 0.1) is 25.3 Å². The van der Waals surface area contributed by atoms with Crippen LogP contribution in [0.15, 0.2) is 42.5 Å². The van der Waals surface area contributed by atoms with Crippen LogP contribution in [0.1, 0.15) is 46.9 Å². The molecular formula is C27H34BFN2O2+. The minimum atomic E-state index is -0.487. The molecule has 2 heterocycles. The van der Waals surface area contributed by atoms with Gasteiger partial charge >= 0.3 is 13.4 Å². The maximum absolute atomic E-state index is 14.9. The highest BCUT2D eigenvalue weighted by Crippen LogP contribution is 2.32. The first-order valence-corrected chi connectivity index (χ1v) is 12.0. The molecule has 0 aliphatic carbocycles. The Morgan fingerprint density at radius 2 is 1.94 bits per heavy atom. The first kappa shape index (κ1) is 23.6. The van der Waals surface area contributed by atoms with Crippen molar-refractivity contribution in [2.24, 2.45) is 5.92 Å². The molecule has 1 aromatic heterocycles. The van der Waals surface area contributed by atoms with Gasteiger partial charge in [0.15, 0.2) is 0 Å². The number of aromatic nitrogens is 1. The van der Waals surface area contributed by atoms with Crippen LogP contribution in [0.25, 0.3) is 10.9 Å². The van der Waals surface area contributed by atoms with E-state index in [2.05, 4.69) is 57.0 Å². The molecule has 0 saturated carbocycles. The van der Waals surface area contributed by atoms with Gasteiger partial charge in [-0.3, -0.25) is 0 Å². The summed E-state index contributed by atoms with van der Waals surface area (Å²) in [5, 5.41) is 1.18. The molecule has 1 saturated heterocycles. The predicted molar refractivity (Wildman–Crippen MR) is 132 cm³/mol. The van der Waals surface area contributed by atoms with Crippen molar-refractivity contribution in [3.63, 3.8) is 0 Å². The molecule has 1 fully saturated rings. The summed E-state index contributed by atoms with van der Waals surface area (Å²) in [5.41, 5.74) is 4.43. The number of nitrogens with zero attached hydrogens (tertiary/aromatic N) is 2. The molecule has 0 atom stereocenters. The molecular weight excluding hydrogens is 414 g/mol. The molecule has 1 aliphatic heterocycles. The number of esters is 1. The van der Waals surface area contributed by atoms with Gasteiger partial charge < -0.3 is 13.7 Å². The minimum Gasteiger partial charge on any atom is -0.462 e. The summed E-state index contributed by atoms with van der Waals surface area (Å²) in [5.74, 6) is -0.199. The number of fused-ring (bicyclic) bond motifs is 1. The summed E-state index contributed by atoms with van der Waals surface area (Å²) in [4.78, 5) is 12.0. The quantitative estimate of drug-likeness (QED) is 0.359. The smallest absolute Gasteiger partial charge is 0.442 e. The maximum atomic E-state index is 14.9. The molecule has 0 unspecified atom stereocenters. The number of hydrogen-bond acceptors (Lipinski definition) is 2. The average Bonchev–Trinajstić information content (AvgIpc) is 3.08. The molecule has 0 N–H and O–H groups in total. The summed E-state index contributed by atoms with van der Waals surface area (Å²) in [6, 6.07) is 13.1. The third kappa shape index (κ3) is 4.86. The van der Waals surface area contributed by atoms with Crippen LogP contribution in [-0.4, -0.2) is 49.1 Å². The van der Waals surface area contributed by atoms with Gasteiger partial charge in [0.1, 0.15) is 5.82 Å². The number of quaternary nitrogens is 1. The number of ether oxygens (including phenoxy) is 1.